The maximum absolute atomic E-state index is 5.33. The fourth-order valence-electron chi connectivity index (χ4n) is 1.41. The summed E-state index contributed by atoms with van der Waals surface area (Å²) in [5.74, 6) is 1.54. The Bertz CT molecular complexity index is 408. The van der Waals surface area contributed by atoms with Crippen molar-refractivity contribution in [3.8, 4) is 0 Å². The van der Waals surface area contributed by atoms with Crippen LogP contribution in [-0.2, 0) is 0 Å². The topological polar surface area (TPSA) is 51.0 Å². The SMILES string of the molecule is CNC(c1ncc(C)cn1)c1ccco1. The summed E-state index contributed by atoms with van der Waals surface area (Å²) in [4.78, 5) is 8.54. The summed E-state index contributed by atoms with van der Waals surface area (Å²) < 4.78 is 5.33. The summed E-state index contributed by atoms with van der Waals surface area (Å²) in [5, 5.41) is 3.12. The number of aromatic nitrogens is 2. The van der Waals surface area contributed by atoms with E-state index in [-0.39, 0.29) is 6.04 Å². The Morgan fingerprint density at radius 3 is 2.60 bits per heavy atom. The average molecular weight is 203 g/mol. The second-order valence-corrected chi connectivity index (χ2v) is 3.36. The van der Waals surface area contributed by atoms with E-state index >= 15 is 0 Å². The van der Waals surface area contributed by atoms with Gasteiger partial charge in [0.05, 0.1) is 6.26 Å². The van der Waals surface area contributed by atoms with Crippen molar-refractivity contribution in [1.29, 1.82) is 0 Å². The summed E-state index contributed by atoms with van der Waals surface area (Å²) in [7, 11) is 1.86. The highest BCUT2D eigenvalue weighted by Gasteiger charge is 2.16. The van der Waals surface area contributed by atoms with Gasteiger partial charge in [0.15, 0.2) is 5.82 Å². The molecule has 4 heteroatoms. The van der Waals surface area contributed by atoms with Crippen molar-refractivity contribution >= 4 is 0 Å². The van der Waals surface area contributed by atoms with Crippen LogP contribution >= 0.6 is 0 Å². The molecule has 0 saturated heterocycles. The predicted octanol–water partition coefficient (Wildman–Crippen LogP) is 1.69. The van der Waals surface area contributed by atoms with Crippen molar-refractivity contribution in [3.63, 3.8) is 0 Å². The van der Waals surface area contributed by atoms with Gasteiger partial charge in [0.2, 0.25) is 0 Å². The van der Waals surface area contributed by atoms with Crippen molar-refractivity contribution in [2.75, 3.05) is 7.05 Å². The van der Waals surface area contributed by atoms with Gasteiger partial charge >= 0.3 is 0 Å². The first-order chi connectivity index (χ1) is 7.31. The Hall–Kier alpha value is -1.68. The molecule has 0 aliphatic carbocycles. The molecule has 0 spiro atoms. The van der Waals surface area contributed by atoms with Crippen LogP contribution in [0.4, 0.5) is 0 Å². The number of nitrogens with one attached hydrogen (secondary N) is 1. The molecular weight excluding hydrogens is 190 g/mol. The van der Waals surface area contributed by atoms with Gasteiger partial charge in [-0.15, -0.1) is 0 Å². The summed E-state index contributed by atoms with van der Waals surface area (Å²) in [6.07, 6.45) is 5.25. The third-order valence-electron chi connectivity index (χ3n) is 2.18. The molecule has 0 amide bonds. The molecule has 2 aromatic rings. The zero-order valence-corrected chi connectivity index (χ0v) is 8.77. The van der Waals surface area contributed by atoms with Crippen LogP contribution < -0.4 is 5.32 Å². The molecule has 1 unspecified atom stereocenters. The minimum Gasteiger partial charge on any atom is -0.467 e. The van der Waals surface area contributed by atoms with Crippen LogP contribution in [0.2, 0.25) is 0 Å². The summed E-state index contributed by atoms with van der Waals surface area (Å²) in [6, 6.07) is 3.68. The van der Waals surface area contributed by atoms with E-state index < -0.39 is 0 Å². The molecule has 1 atom stereocenters. The standard InChI is InChI=1S/C11H13N3O/c1-8-6-13-11(14-7-8)10(12-2)9-4-3-5-15-9/h3-7,10,12H,1-2H3. The van der Waals surface area contributed by atoms with Gasteiger partial charge in [-0.05, 0) is 31.7 Å². The van der Waals surface area contributed by atoms with E-state index in [0.29, 0.717) is 0 Å². The maximum atomic E-state index is 5.33. The normalized spacial score (nSPS) is 12.7. The van der Waals surface area contributed by atoms with Gasteiger partial charge in [0, 0.05) is 12.4 Å². The third-order valence-corrected chi connectivity index (χ3v) is 2.18. The van der Waals surface area contributed by atoms with Crippen LogP contribution in [-0.4, -0.2) is 17.0 Å². The maximum Gasteiger partial charge on any atom is 0.152 e. The average Bonchev–Trinajstić information content (AvgIpc) is 2.75. The number of hydrogen-bond donors (Lipinski definition) is 1. The smallest absolute Gasteiger partial charge is 0.152 e. The fraction of sp³-hybridized carbons (Fsp3) is 0.273. The number of aryl methyl sites for hydroxylation is 1. The Kier molecular flexibility index (Phi) is 2.78. The summed E-state index contributed by atoms with van der Waals surface area (Å²) in [6.45, 7) is 1.96. The zero-order chi connectivity index (χ0) is 10.7. The van der Waals surface area contributed by atoms with E-state index in [2.05, 4.69) is 15.3 Å². The van der Waals surface area contributed by atoms with E-state index in [0.717, 1.165) is 17.1 Å². The Labute approximate surface area is 88.4 Å². The first-order valence-electron chi connectivity index (χ1n) is 4.80. The molecule has 0 saturated carbocycles. The molecule has 0 aliphatic rings. The number of nitrogens with zero attached hydrogens (tertiary/aromatic N) is 2. The van der Waals surface area contributed by atoms with Crippen molar-refractivity contribution in [3.05, 3.63) is 47.9 Å². The number of hydrogen-bond acceptors (Lipinski definition) is 4. The minimum atomic E-state index is -0.0828. The molecule has 0 aliphatic heterocycles. The van der Waals surface area contributed by atoms with Crippen LogP contribution in [0.3, 0.4) is 0 Å². The number of rotatable bonds is 3. The molecule has 1 N–H and O–H groups in total. The summed E-state index contributed by atoms with van der Waals surface area (Å²) >= 11 is 0. The van der Waals surface area contributed by atoms with Crippen molar-refractivity contribution in [1.82, 2.24) is 15.3 Å². The monoisotopic (exact) mass is 203 g/mol. The van der Waals surface area contributed by atoms with Gasteiger partial charge in [-0.3, -0.25) is 0 Å². The lowest BCUT2D eigenvalue weighted by atomic mass is 10.2. The van der Waals surface area contributed by atoms with E-state index in [1.54, 1.807) is 18.7 Å². The second-order valence-electron chi connectivity index (χ2n) is 3.36. The molecule has 2 aromatic heterocycles. The van der Waals surface area contributed by atoms with E-state index in [9.17, 15) is 0 Å². The zero-order valence-electron chi connectivity index (χ0n) is 8.77. The lowest BCUT2D eigenvalue weighted by Crippen LogP contribution is -2.19. The van der Waals surface area contributed by atoms with Crippen LogP contribution in [0.15, 0.2) is 35.2 Å². The van der Waals surface area contributed by atoms with Crippen molar-refractivity contribution in [2.24, 2.45) is 0 Å². The van der Waals surface area contributed by atoms with Gasteiger partial charge in [0.25, 0.3) is 0 Å². The molecule has 0 radical (unpaired) electrons. The molecule has 2 heterocycles. The Balaban J connectivity index is 2.31. The molecule has 0 fully saturated rings. The summed E-state index contributed by atoms with van der Waals surface area (Å²) in [5.41, 5.74) is 1.05. The van der Waals surface area contributed by atoms with Crippen molar-refractivity contribution < 1.29 is 4.42 Å². The molecule has 2 rings (SSSR count). The van der Waals surface area contributed by atoms with Gasteiger partial charge in [-0.25, -0.2) is 9.97 Å². The largest absolute Gasteiger partial charge is 0.467 e. The highest BCUT2D eigenvalue weighted by Crippen LogP contribution is 2.18. The van der Waals surface area contributed by atoms with Crippen LogP contribution in [0.25, 0.3) is 0 Å². The highest BCUT2D eigenvalue weighted by atomic mass is 16.3. The Morgan fingerprint density at radius 1 is 1.33 bits per heavy atom. The molecule has 4 nitrogen and oxygen atoms in total. The van der Waals surface area contributed by atoms with Gasteiger partial charge < -0.3 is 9.73 Å². The number of furan rings is 1. The molecular formula is C11H13N3O. The lowest BCUT2D eigenvalue weighted by Gasteiger charge is -2.11. The first-order valence-corrected chi connectivity index (χ1v) is 4.80. The van der Waals surface area contributed by atoms with E-state index in [4.69, 9.17) is 4.42 Å². The van der Waals surface area contributed by atoms with Gasteiger partial charge in [-0.2, -0.15) is 0 Å². The van der Waals surface area contributed by atoms with Crippen molar-refractivity contribution in [2.45, 2.75) is 13.0 Å². The predicted molar refractivity (Wildman–Crippen MR) is 56.4 cm³/mol. The second kappa shape index (κ2) is 4.23. The molecule has 0 aromatic carbocycles. The highest BCUT2D eigenvalue weighted by molar-refractivity contribution is 5.15. The van der Waals surface area contributed by atoms with Gasteiger partial charge in [0.1, 0.15) is 11.8 Å². The third kappa shape index (κ3) is 2.05. The van der Waals surface area contributed by atoms with Gasteiger partial charge in [-0.1, -0.05) is 0 Å². The molecule has 15 heavy (non-hydrogen) atoms. The van der Waals surface area contributed by atoms with Crippen LogP contribution in [0, 0.1) is 6.92 Å². The van der Waals surface area contributed by atoms with E-state index in [1.165, 1.54) is 0 Å². The van der Waals surface area contributed by atoms with Crippen LogP contribution in [0.1, 0.15) is 23.2 Å². The minimum absolute atomic E-state index is 0.0828. The first kappa shape index (κ1) is 9.86. The van der Waals surface area contributed by atoms with E-state index in [1.807, 2.05) is 26.1 Å². The molecule has 78 valence electrons. The fourth-order valence-corrected chi connectivity index (χ4v) is 1.41. The molecule has 0 bridgehead atoms. The quantitative estimate of drug-likeness (QED) is 0.824. The Morgan fingerprint density at radius 2 is 2.07 bits per heavy atom. The lowest BCUT2D eigenvalue weighted by molar-refractivity contribution is 0.453. The van der Waals surface area contributed by atoms with Crippen LogP contribution in [0.5, 0.6) is 0 Å².